The lowest BCUT2D eigenvalue weighted by atomic mass is 10.00. The number of hydrogen-bond donors (Lipinski definition) is 1. The fraction of sp³-hybridized carbons (Fsp3) is 0.846. The molecule has 0 aromatic heterocycles. The van der Waals surface area contributed by atoms with E-state index in [9.17, 15) is 18.0 Å². The van der Waals surface area contributed by atoms with Crippen LogP contribution in [0.25, 0.3) is 0 Å². The Bertz CT molecular complexity index is 459. The van der Waals surface area contributed by atoms with Crippen LogP contribution < -0.4 is 5.32 Å². The van der Waals surface area contributed by atoms with Crippen LogP contribution in [0.15, 0.2) is 0 Å². The molecule has 0 bridgehead atoms. The average molecular weight is 304 g/mol. The first kappa shape index (κ1) is 16.9. The molecule has 1 unspecified atom stereocenters. The molecule has 1 atom stereocenters. The molecule has 0 spiro atoms. The number of sulfone groups is 1. The van der Waals surface area contributed by atoms with Gasteiger partial charge in [-0.05, 0) is 18.8 Å². The Balaban J connectivity index is 2.76. The first-order valence-corrected chi connectivity index (χ1v) is 8.86. The molecular formula is C13H24N2O4S. The molecule has 116 valence electrons. The van der Waals surface area contributed by atoms with Gasteiger partial charge >= 0.3 is 0 Å². The Labute approximate surface area is 120 Å². The number of piperazine rings is 1. The van der Waals surface area contributed by atoms with Crippen molar-refractivity contribution in [1.29, 1.82) is 0 Å². The topological polar surface area (TPSA) is 83.6 Å². The van der Waals surface area contributed by atoms with Crippen molar-refractivity contribution >= 4 is 21.7 Å². The molecule has 7 heteroatoms. The molecule has 6 nitrogen and oxygen atoms in total. The van der Waals surface area contributed by atoms with Gasteiger partial charge in [-0.2, -0.15) is 0 Å². The summed E-state index contributed by atoms with van der Waals surface area (Å²) >= 11 is 0. The molecule has 1 N–H and O–H groups in total. The van der Waals surface area contributed by atoms with Crippen LogP contribution in [-0.2, 0) is 19.4 Å². The summed E-state index contributed by atoms with van der Waals surface area (Å²) in [5, 5.41) is 2.56. The summed E-state index contributed by atoms with van der Waals surface area (Å²) in [5.74, 6) is -0.0932. The molecule has 20 heavy (non-hydrogen) atoms. The molecule has 1 aliphatic heterocycles. The van der Waals surface area contributed by atoms with Crippen LogP contribution in [0.5, 0.6) is 0 Å². The second-order valence-electron chi connectivity index (χ2n) is 5.60. The Morgan fingerprint density at radius 3 is 2.50 bits per heavy atom. The van der Waals surface area contributed by atoms with Gasteiger partial charge in [0, 0.05) is 12.3 Å². The van der Waals surface area contributed by atoms with E-state index in [1.165, 1.54) is 4.90 Å². The Hall–Kier alpha value is -1.11. The van der Waals surface area contributed by atoms with E-state index in [1.807, 2.05) is 13.8 Å². The minimum atomic E-state index is -3.15. The van der Waals surface area contributed by atoms with Gasteiger partial charge in [-0.1, -0.05) is 20.8 Å². The molecule has 0 aromatic rings. The van der Waals surface area contributed by atoms with E-state index < -0.39 is 15.9 Å². The van der Waals surface area contributed by atoms with Crippen LogP contribution in [0.2, 0.25) is 0 Å². The van der Waals surface area contributed by atoms with E-state index in [2.05, 4.69) is 5.32 Å². The van der Waals surface area contributed by atoms with Gasteiger partial charge in [0.25, 0.3) is 0 Å². The number of amides is 2. The lowest BCUT2D eigenvalue weighted by Gasteiger charge is -2.35. The van der Waals surface area contributed by atoms with E-state index in [-0.39, 0.29) is 42.3 Å². The summed E-state index contributed by atoms with van der Waals surface area (Å²) < 4.78 is 23.5. The number of hydrogen-bond acceptors (Lipinski definition) is 4. The number of nitrogens with zero attached hydrogens (tertiary/aromatic N) is 1. The van der Waals surface area contributed by atoms with Crippen molar-refractivity contribution < 1.29 is 18.0 Å². The minimum Gasteiger partial charge on any atom is -0.345 e. The highest BCUT2D eigenvalue weighted by atomic mass is 32.2. The van der Waals surface area contributed by atoms with Crippen molar-refractivity contribution in [2.75, 3.05) is 24.6 Å². The van der Waals surface area contributed by atoms with E-state index >= 15 is 0 Å². The summed E-state index contributed by atoms with van der Waals surface area (Å²) in [6, 6.07) is -0.548. The summed E-state index contributed by atoms with van der Waals surface area (Å²) in [6.07, 6.45) is 1.11. The first-order valence-electron chi connectivity index (χ1n) is 7.04. The Morgan fingerprint density at radius 2 is 1.95 bits per heavy atom. The molecular weight excluding hydrogens is 280 g/mol. The Morgan fingerprint density at radius 1 is 1.30 bits per heavy atom. The summed E-state index contributed by atoms with van der Waals surface area (Å²) in [4.78, 5) is 25.2. The molecule has 2 amide bonds. The van der Waals surface area contributed by atoms with E-state index in [1.54, 1.807) is 6.92 Å². The van der Waals surface area contributed by atoms with Crippen LogP contribution in [0.4, 0.5) is 0 Å². The maximum atomic E-state index is 11.9. The smallest absolute Gasteiger partial charge is 0.243 e. The van der Waals surface area contributed by atoms with Gasteiger partial charge in [0.1, 0.15) is 6.04 Å². The van der Waals surface area contributed by atoms with E-state index in [0.29, 0.717) is 12.8 Å². The lowest BCUT2D eigenvalue weighted by Crippen LogP contribution is -2.59. The molecule has 0 saturated carbocycles. The normalized spacial score (nSPS) is 20.4. The molecule has 0 aromatic carbocycles. The van der Waals surface area contributed by atoms with Crippen LogP contribution in [0, 0.1) is 5.92 Å². The maximum absolute atomic E-state index is 11.9. The van der Waals surface area contributed by atoms with Crippen molar-refractivity contribution in [3.05, 3.63) is 0 Å². The second kappa shape index (κ2) is 7.06. The number of carbonyl (C=O) groups is 2. The van der Waals surface area contributed by atoms with Crippen molar-refractivity contribution in [2.24, 2.45) is 5.92 Å². The maximum Gasteiger partial charge on any atom is 0.243 e. The third kappa shape index (κ3) is 4.77. The van der Waals surface area contributed by atoms with Gasteiger partial charge in [-0.25, -0.2) is 8.42 Å². The predicted molar refractivity (Wildman–Crippen MR) is 76.9 cm³/mol. The highest BCUT2D eigenvalue weighted by molar-refractivity contribution is 7.91. The fourth-order valence-electron chi connectivity index (χ4n) is 2.31. The molecule has 1 saturated heterocycles. The highest BCUT2D eigenvalue weighted by Crippen LogP contribution is 2.15. The summed E-state index contributed by atoms with van der Waals surface area (Å²) in [5.41, 5.74) is 0. The van der Waals surface area contributed by atoms with Crippen molar-refractivity contribution in [2.45, 2.75) is 39.7 Å². The van der Waals surface area contributed by atoms with E-state index in [4.69, 9.17) is 0 Å². The van der Waals surface area contributed by atoms with Crippen molar-refractivity contribution in [3.63, 3.8) is 0 Å². The fourth-order valence-corrected chi connectivity index (χ4v) is 3.61. The van der Waals surface area contributed by atoms with Gasteiger partial charge < -0.3 is 10.2 Å². The quantitative estimate of drug-likeness (QED) is 0.727. The van der Waals surface area contributed by atoms with Crippen LogP contribution in [0.1, 0.15) is 33.6 Å². The number of nitrogens with one attached hydrogen (secondary N) is 1. The van der Waals surface area contributed by atoms with Crippen molar-refractivity contribution in [1.82, 2.24) is 10.2 Å². The largest absolute Gasteiger partial charge is 0.345 e. The van der Waals surface area contributed by atoms with Gasteiger partial charge in [0.15, 0.2) is 9.84 Å². The van der Waals surface area contributed by atoms with Gasteiger partial charge in [0.2, 0.25) is 11.8 Å². The SMILES string of the molecule is CCCS(=O)(=O)CCN1C(=O)CNC(=O)C1CC(C)C. The van der Waals surface area contributed by atoms with Crippen LogP contribution >= 0.6 is 0 Å². The van der Waals surface area contributed by atoms with E-state index in [0.717, 1.165) is 0 Å². The van der Waals surface area contributed by atoms with Gasteiger partial charge in [-0.3, -0.25) is 9.59 Å². The summed E-state index contributed by atoms with van der Waals surface area (Å²) in [6.45, 7) is 5.81. The molecule has 0 aliphatic carbocycles. The molecule has 1 aliphatic rings. The minimum absolute atomic E-state index is 0.0404. The molecule has 1 fully saturated rings. The lowest BCUT2D eigenvalue weighted by molar-refractivity contribution is -0.145. The number of rotatable bonds is 7. The van der Waals surface area contributed by atoms with Gasteiger partial charge in [-0.15, -0.1) is 0 Å². The van der Waals surface area contributed by atoms with Crippen LogP contribution in [0.3, 0.4) is 0 Å². The van der Waals surface area contributed by atoms with Crippen molar-refractivity contribution in [3.8, 4) is 0 Å². The zero-order valence-corrected chi connectivity index (χ0v) is 13.2. The molecule has 1 heterocycles. The third-order valence-corrected chi connectivity index (χ3v) is 5.10. The molecule has 1 rings (SSSR count). The first-order chi connectivity index (χ1) is 9.26. The standard InChI is InChI=1S/C13H24N2O4S/c1-4-6-20(18,19)7-5-15-11(8-10(2)3)13(17)14-9-12(15)16/h10-11H,4-9H2,1-3H3,(H,14,17). The second-order valence-corrected chi connectivity index (χ2v) is 7.91. The zero-order valence-electron chi connectivity index (χ0n) is 12.4. The summed E-state index contributed by atoms with van der Waals surface area (Å²) in [7, 11) is -3.15. The molecule has 0 radical (unpaired) electrons. The number of carbonyl (C=O) groups excluding carboxylic acids is 2. The predicted octanol–water partition coefficient (Wildman–Crippen LogP) is 0.184. The monoisotopic (exact) mass is 304 g/mol. The van der Waals surface area contributed by atoms with Gasteiger partial charge in [0.05, 0.1) is 12.3 Å². The third-order valence-electron chi connectivity index (χ3n) is 3.27. The Kier molecular flexibility index (Phi) is 5.98. The zero-order chi connectivity index (χ0) is 15.3. The highest BCUT2D eigenvalue weighted by Gasteiger charge is 2.35. The average Bonchev–Trinajstić information content (AvgIpc) is 2.32. The van der Waals surface area contributed by atoms with Crippen LogP contribution in [-0.4, -0.2) is 55.8 Å².